The van der Waals surface area contributed by atoms with Crippen LogP contribution >= 0.6 is 0 Å². The summed E-state index contributed by atoms with van der Waals surface area (Å²) < 4.78 is 33.6. The Labute approximate surface area is 384 Å². The highest BCUT2D eigenvalue weighted by Gasteiger charge is 2.49. The molecule has 0 aliphatic carbocycles. The Hall–Kier alpha value is -4.32. The number of cyclic esters (lactones) is 1. The van der Waals surface area contributed by atoms with Crippen LogP contribution in [0.2, 0.25) is 0 Å². The highest BCUT2D eigenvalue weighted by Crippen LogP contribution is 2.41. The van der Waals surface area contributed by atoms with E-state index in [1.165, 1.54) is 13.8 Å². The van der Waals surface area contributed by atoms with Crippen molar-refractivity contribution in [1.29, 1.82) is 0 Å². The zero-order valence-corrected chi connectivity index (χ0v) is 40.1. The van der Waals surface area contributed by atoms with E-state index in [1.54, 1.807) is 51.1 Å². The summed E-state index contributed by atoms with van der Waals surface area (Å²) in [6.07, 6.45) is 2.12. The summed E-state index contributed by atoms with van der Waals surface area (Å²) in [7, 11) is 3.92. The van der Waals surface area contributed by atoms with Crippen LogP contribution in [0, 0.1) is 29.1 Å². The summed E-state index contributed by atoms with van der Waals surface area (Å²) in [6.45, 7) is 15.7. The van der Waals surface area contributed by atoms with Crippen LogP contribution in [-0.4, -0.2) is 129 Å². The molecule has 5 rings (SSSR count). The van der Waals surface area contributed by atoms with Gasteiger partial charge in [0.1, 0.15) is 35.8 Å². The number of rotatable bonds is 13. The SMILES string of the molecule is CC[C@H]1OC(=O)[C@H](C)C(=O)[C@H](C)[C@@H](O[C@H]2C[C@@H](N(C)CCC3=CN([C@H](CF)Cc4ccc(-c5ccc(C(N)=O)nc5)cc4)N(C)N3)C[C@@H](C)O2)C(C)(C)C[C@@H](C)C(=O)[C@H](C)[C@@H](O)[C@]1(C)O. The Kier molecular flexibility index (Phi) is 17.1. The van der Waals surface area contributed by atoms with E-state index in [4.69, 9.17) is 19.9 Å². The number of aliphatic hydroxyl groups excluding tert-OH is 1. The number of primary amides is 1. The lowest BCUT2D eigenvalue weighted by Crippen LogP contribution is -2.56. The molecule has 1 aromatic heterocycles. The maximum Gasteiger partial charge on any atom is 0.316 e. The largest absolute Gasteiger partial charge is 0.459 e. The summed E-state index contributed by atoms with van der Waals surface area (Å²) in [5.41, 5.74) is 9.86. The van der Waals surface area contributed by atoms with Crippen molar-refractivity contribution in [3.05, 3.63) is 65.7 Å². The van der Waals surface area contributed by atoms with Crippen molar-refractivity contribution in [2.45, 2.75) is 149 Å². The van der Waals surface area contributed by atoms with Gasteiger partial charge in [-0.05, 0) is 76.1 Å². The summed E-state index contributed by atoms with van der Waals surface area (Å²) in [6, 6.07) is 10.8. The average molecular weight is 909 g/mol. The first-order chi connectivity index (χ1) is 30.5. The second-order valence-corrected chi connectivity index (χ2v) is 19.7. The van der Waals surface area contributed by atoms with Gasteiger partial charge in [0.2, 0.25) is 0 Å². The lowest BCUT2D eigenvalue weighted by Gasteiger charge is -2.45. The minimum absolute atomic E-state index is 0.0566. The molecule has 12 atom stereocenters. The molecule has 16 heteroatoms. The predicted octanol–water partition coefficient (Wildman–Crippen LogP) is 5.38. The standard InChI is InChI=1S/C49H73FN6O9/c1-12-40-49(9,62)44(59)30(4)42(57)28(2)24-48(7,8)45(31(5)43(58)32(6)47(61)64-40)65-41-23-37(21-29(3)63-41)54(10)20-19-36-27-56(55(11)53-36)38(25-50)22-33-13-15-34(16-14-33)35-17-18-39(46(51)60)52-26-35/h13-18,26-32,37-38,40-41,44-45,53,59,62H,12,19-25H2,1-11H3,(H2,51,60)/t28-,29-,30+,31+,32-,37+,38+,40-,41+,44-,45-,49-/m1/s1. The zero-order valence-electron chi connectivity index (χ0n) is 40.1. The van der Waals surface area contributed by atoms with Crippen LogP contribution < -0.4 is 11.2 Å². The minimum Gasteiger partial charge on any atom is -0.459 e. The third kappa shape index (κ3) is 12.2. The van der Waals surface area contributed by atoms with Crippen molar-refractivity contribution in [3.8, 4) is 11.1 Å². The fourth-order valence-corrected chi connectivity index (χ4v) is 10.0. The van der Waals surface area contributed by atoms with Crippen LogP contribution in [0.3, 0.4) is 0 Å². The number of hydrogen-bond donors (Lipinski definition) is 4. The first-order valence-electron chi connectivity index (χ1n) is 23.1. The number of esters is 1. The Morgan fingerprint density at radius 2 is 1.69 bits per heavy atom. The van der Waals surface area contributed by atoms with Crippen molar-refractivity contribution in [2.24, 2.45) is 34.8 Å². The smallest absolute Gasteiger partial charge is 0.316 e. The number of benzene rings is 1. The van der Waals surface area contributed by atoms with E-state index in [9.17, 15) is 33.8 Å². The molecule has 4 heterocycles. The first-order valence-corrected chi connectivity index (χ1v) is 23.1. The quantitative estimate of drug-likeness (QED) is 0.148. The van der Waals surface area contributed by atoms with E-state index in [-0.39, 0.29) is 30.0 Å². The molecule has 0 unspecified atom stereocenters. The van der Waals surface area contributed by atoms with Gasteiger partial charge in [0.25, 0.3) is 5.91 Å². The maximum absolute atomic E-state index is 14.7. The molecular formula is C49H73FN6O9. The van der Waals surface area contributed by atoms with Gasteiger partial charge in [0.15, 0.2) is 12.1 Å². The number of pyridine rings is 1. The van der Waals surface area contributed by atoms with Crippen LogP contribution in [0.25, 0.3) is 11.1 Å². The Morgan fingerprint density at radius 3 is 2.29 bits per heavy atom. The molecule has 1 aromatic carbocycles. The molecule has 2 fully saturated rings. The van der Waals surface area contributed by atoms with Crippen LogP contribution in [-0.2, 0) is 35.0 Å². The Bertz CT molecular complexity index is 2000. The Morgan fingerprint density at radius 1 is 1.03 bits per heavy atom. The predicted molar refractivity (Wildman–Crippen MR) is 244 cm³/mol. The molecule has 1 amide bonds. The third-order valence-corrected chi connectivity index (χ3v) is 13.9. The number of ether oxygens (including phenoxy) is 3. The molecule has 0 radical (unpaired) electrons. The minimum atomic E-state index is -1.93. The molecule has 2 aromatic rings. The molecule has 0 bridgehead atoms. The number of nitrogens with zero attached hydrogens (tertiary/aromatic N) is 4. The van der Waals surface area contributed by atoms with Crippen LogP contribution in [0.1, 0.15) is 110 Å². The van der Waals surface area contributed by atoms with E-state index in [0.717, 1.165) is 28.8 Å². The molecule has 0 saturated carbocycles. The van der Waals surface area contributed by atoms with Gasteiger partial charge in [-0.15, -0.1) is 5.12 Å². The third-order valence-electron chi connectivity index (χ3n) is 13.9. The molecular weight excluding hydrogens is 836 g/mol. The number of alkyl halides is 1. The number of halogens is 1. The number of aliphatic hydroxyl groups is 2. The molecule has 360 valence electrons. The molecule has 3 aliphatic heterocycles. The molecule has 0 spiro atoms. The van der Waals surface area contributed by atoms with Crippen LogP contribution in [0.15, 0.2) is 54.5 Å². The lowest BCUT2D eigenvalue weighted by molar-refractivity contribution is -0.247. The monoisotopic (exact) mass is 909 g/mol. The number of Topliss-reactive ketones (excluding diaryl/α,β-unsaturated/α-hetero) is 2. The first kappa shape index (κ1) is 51.7. The van der Waals surface area contributed by atoms with Gasteiger partial charge < -0.3 is 40.5 Å². The number of carbonyl (C=O) groups excluding carboxylic acids is 4. The van der Waals surface area contributed by atoms with Crippen LogP contribution in [0.5, 0.6) is 0 Å². The van der Waals surface area contributed by atoms with E-state index >= 15 is 0 Å². The normalized spacial score (nSPS) is 32.4. The highest BCUT2D eigenvalue weighted by atomic mass is 19.1. The van der Waals surface area contributed by atoms with Gasteiger partial charge in [-0.3, -0.25) is 29.2 Å². The number of hydrazine groups is 2. The highest BCUT2D eigenvalue weighted by molar-refractivity contribution is 6.00. The lowest BCUT2D eigenvalue weighted by atomic mass is 9.69. The number of carbonyl (C=O) groups is 4. The van der Waals surface area contributed by atoms with Gasteiger partial charge >= 0.3 is 5.97 Å². The van der Waals surface area contributed by atoms with Gasteiger partial charge in [-0.25, -0.2) is 4.39 Å². The van der Waals surface area contributed by atoms with Crippen molar-refractivity contribution in [3.63, 3.8) is 0 Å². The fourth-order valence-electron chi connectivity index (χ4n) is 10.0. The molecule has 3 aliphatic rings. The summed E-state index contributed by atoms with van der Waals surface area (Å²) >= 11 is 0. The molecule has 65 heavy (non-hydrogen) atoms. The van der Waals surface area contributed by atoms with Crippen molar-refractivity contribution >= 4 is 23.4 Å². The zero-order chi connectivity index (χ0) is 48.1. The van der Waals surface area contributed by atoms with Gasteiger partial charge in [0.05, 0.1) is 24.4 Å². The second kappa shape index (κ2) is 21.5. The van der Waals surface area contributed by atoms with Crippen LogP contribution in [0.4, 0.5) is 4.39 Å². The van der Waals surface area contributed by atoms with Crippen molar-refractivity contribution in [2.75, 3.05) is 27.3 Å². The van der Waals surface area contributed by atoms with E-state index < -0.39 is 89.7 Å². The maximum atomic E-state index is 14.7. The summed E-state index contributed by atoms with van der Waals surface area (Å²) in [5, 5.41) is 26.4. The summed E-state index contributed by atoms with van der Waals surface area (Å²) in [5.74, 6) is -5.55. The van der Waals surface area contributed by atoms with Gasteiger partial charge in [-0.1, -0.05) is 71.9 Å². The van der Waals surface area contributed by atoms with Gasteiger partial charge in [0, 0.05) is 73.9 Å². The molecule has 5 N–H and O–H groups in total. The number of amides is 1. The van der Waals surface area contributed by atoms with E-state index in [1.807, 2.05) is 63.3 Å². The number of aromatic nitrogens is 1. The topological polar surface area (TPSA) is 197 Å². The molecule has 15 nitrogen and oxygen atoms in total. The second-order valence-electron chi connectivity index (χ2n) is 19.7. The average Bonchev–Trinajstić information content (AvgIpc) is 3.65. The van der Waals surface area contributed by atoms with E-state index in [0.29, 0.717) is 32.2 Å². The summed E-state index contributed by atoms with van der Waals surface area (Å²) in [4.78, 5) is 59.3. The number of nitrogens with one attached hydrogen (secondary N) is 1. The Balaban J connectivity index is 1.25. The molecule has 2 saturated heterocycles. The van der Waals surface area contributed by atoms with Crippen molar-refractivity contribution < 1.29 is 48.0 Å². The number of hydrogen-bond acceptors (Lipinski definition) is 14. The number of nitrogens with two attached hydrogens (primary N) is 1. The number of ketones is 2. The van der Waals surface area contributed by atoms with E-state index in [2.05, 4.69) is 22.4 Å². The van der Waals surface area contributed by atoms with Gasteiger partial charge in [-0.2, -0.15) is 0 Å². The van der Waals surface area contributed by atoms with Crippen molar-refractivity contribution in [1.82, 2.24) is 25.4 Å². The fraction of sp³-hybridized carbons (Fsp3) is 0.653.